The van der Waals surface area contributed by atoms with Gasteiger partial charge in [-0.3, -0.25) is 14.1 Å². The number of sulfonamides is 1. The van der Waals surface area contributed by atoms with Crippen molar-refractivity contribution in [3.05, 3.63) is 137 Å². The van der Waals surface area contributed by atoms with E-state index in [4.69, 9.17) is 9.72 Å². The van der Waals surface area contributed by atoms with Crippen LogP contribution in [0.1, 0.15) is 45.1 Å². The van der Waals surface area contributed by atoms with E-state index < -0.39 is 16.1 Å². The highest BCUT2D eigenvalue weighted by Gasteiger charge is 2.39. The lowest BCUT2D eigenvalue weighted by Gasteiger charge is -2.27. The van der Waals surface area contributed by atoms with Gasteiger partial charge in [0.05, 0.1) is 17.0 Å². The van der Waals surface area contributed by atoms with Crippen LogP contribution in [-0.2, 0) is 23.1 Å². The highest BCUT2D eigenvalue weighted by molar-refractivity contribution is 7.92. The van der Waals surface area contributed by atoms with Crippen LogP contribution in [0.15, 0.2) is 103 Å². The van der Waals surface area contributed by atoms with Gasteiger partial charge in [0, 0.05) is 37.3 Å². The molecule has 0 spiro atoms. The zero-order chi connectivity index (χ0) is 33.1. The van der Waals surface area contributed by atoms with E-state index in [1.807, 2.05) is 85.7 Å². The minimum Gasteiger partial charge on any atom is -0.478 e. The van der Waals surface area contributed by atoms with Gasteiger partial charge in [-0.25, -0.2) is 12.8 Å². The number of ether oxygens (including phenoxy) is 1. The molecule has 1 aliphatic heterocycles. The highest BCUT2D eigenvalue weighted by atomic mass is 32.2. The Morgan fingerprint density at radius 1 is 0.894 bits per heavy atom. The largest absolute Gasteiger partial charge is 0.478 e. The fourth-order valence-electron chi connectivity index (χ4n) is 6.07. The summed E-state index contributed by atoms with van der Waals surface area (Å²) in [6.07, 6.45) is 1.49. The van der Waals surface area contributed by atoms with Crippen molar-refractivity contribution in [1.82, 2.24) is 14.8 Å². The molecule has 2 heterocycles. The van der Waals surface area contributed by atoms with Crippen molar-refractivity contribution < 1.29 is 22.3 Å². The quantitative estimate of drug-likeness (QED) is 0.155. The Balaban J connectivity index is 1.53. The number of aromatic nitrogens is 1. The summed E-state index contributed by atoms with van der Waals surface area (Å²) in [7, 11) is 1.57. The summed E-state index contributed by atoms with van der Waals surface area (Å²) in [6, 6.07) is 29.1. The SMILES string of the molecule is CN(C)CCCS(=O)(=O)N(C)c1c2c(c(OC(c3ccccc3)c3ccccc3)c3ncccc13)C(=O)N(Cc1ccc(F)cc1)C2. The number of anilines is 1. The lowest BCUT2D eigenvalue weighted by molar-refractivity contribution is 0.0762. The van der Waals surface area contributed by atoms with Gasteiger partial charge in [0.25, 0.3) is 5.91 Å². The van der Waals surface area contributed by atoms with Gasteiger partial charge in [0.1, 0.15) is 17.4 Å². The Hall–Kier alpha value is -4.80. The van der Waals surface area contributed by atoms with Crippen molar-refractivity contribution in [3.8, 4) is 5.75 Å². The fraction of sp³-hybridized carbons (Fsp3) is 0.243. The molecule has 1 aromatic heterocycles. The second-order valence-electron chi connectivity index (χ2n) is 12.0. The molecule has 0 radical (unpaired) electrons. The Morgan fingerprint density at radius 3 is 2.15 bits per heavy atom. The van der Waals surface area contributed by atoms with Gasteiger partial charge in [-0.2, -0.15) is 0 Å². The number of carbonyl (C=O) groups excluding carboxylic acids is 1. The van der Waals surface area contributed by atoms with E-state index in [9.17, 15) is 17.6 Å². The number of hydrogen-bond donors (Lipinski definition) is 0. The number of carbonyl (C=O) groups is 1. The Bertz CT molecular complexity index is 1950. The molecule has 242 valence electrons. The van der Waals surface area contributed by atoms with Crippen LogP contribution in [0.2, 0.25) is 0 Å². The minimum absolute atomic E-state index is 0.0617. The van der Waals surface area contributed by atoms with Crippen molar-refractivity contribution in [2.75, 3.05) is 37.7 Å². The van der Waals surface area contributed by atoms with E-state index in [-0.39, 0.29) is 36.1 Å². The molecule has 0 fully saturated rings. The molecule has 4 aromatic carbocycles. The maximum atomic E-state index is 14.4. The molecule has 0 saturated carbocycles. The Morgan fingerprint density at radius 2 is 1.53 bits per heavy atom. The van der Waals surface area contributed by atoms with Crippen molar-refractivity contribution in [2.45, 2.75) is 25.6 Å². The number of rotatable bonds is 12. The first-order chi connectivity index (χ1) is 22.6. The Labute approximate surface area is 275 Å². The van der Waals surface area contributed by atoms with Gasteiger partial charge >= 0.3 is 0 Å². The number of nitrogens with zero attached hydrogens (tertiary/aromatic N) is 4. The molecule has 0 aliphatic carbocycles. The van der Waals surface area contributed by atoms with Gasteiger partial charge in [-0.05, 0) is 68.0 Å². The van der Waals surface area contributed by atoms with Crippen LogP contribution in [0.25, 0.3) is 10.9 Å². The first-order valence-electron chi connectivity index (χ1n) is 15.5. The van der Waals surface area contributed by atoms with Crippen molar-refractivity contribution in [2.24, 2.45) is 0 Å². The lowest BCUT2D eigenvalue weighted by atomic mass is 9.99. The lowest BCUT2D eigenvalue weighted by Crippen LogP contribution is -2.31. The summed E-state index contributed by atoms with van der Waals surface area (Å²) < 4.78 is 49.5. The van der Waals surface area contributed by atoms with E-state index in [0.717, 1.165) is 16.7 Å². The van der Waals surface area contributed by atoms with Crippen molar-refractivity contribution >= 4 is 32.5 Å². The van der Waals surface area contributed by atoms with Crippen molar-refractivity contribution in [1.29, 1.82) is 0 Å². The zero-order valence-electron chi connectivity index (χ0n) is 26.6. The van der Waals surface area contributed by atoms with Crippen LogP contribution in [0.3, 0.4) is 0 Å². The molecule has 5 aromatic rings. The van der Waals surface area contributed by atoms with Crippen LogP contribution >= 0.6 is 0 Å². The second-order valence-corrected chi connectivity index (χ2v) is 14.1. The molecule has 10 heteroatoms. The molecule has 8 nitrogen and oxygen atoms in total. The van der Waals surface area contributed by atoms with Gasteiger partial charge in [0.15, 0.2) is 5.75 Å². The third-order valence-electron chi connectivity index (χ3n) is 8.41. The summed E-state index contributed by atoms with van der Waals surface area (Å²) in [5, 5.41) is 0.566. The normalized spacial score (nSPS) is 13.1. The first-order valence-corrected chi connectivity index (χ1v) is 17.1. The maximum absolute atomic E-state index is 14.4. The minimum atomic E-state index is -3.78. The number of benzene rings is 4. The number of fused-ring (bicyclic) bond motifs is 2. The average molecular weight is 653 g/mol. The summed E-state index contributed by atoms with van der Waals surface area (Å²) in [6.45, 7) is 0.960. The van der Waals surface area contributed by atoms with Crippen LogP contribution < -0.4 is 9.04 Å². The highest BCUT2D eigenvalue weighted by Crippen LogP contribution is 2.47. The van der Waals surface area contributed by atoms with Gasteiger partial charge < -0.3 is 14.5 Å². The van der Waals surface area contributed by atoms with E-state index in [2.05, 4.69) is 0 Å². The van der Waals surface area contributed by atoms with Crippen molar-refractivity contribution in [3.63, 3.8) is 0 Å². The molecule has 0 saturated heterocycles. The summed E-state index contributed by atoms with van der Waals surface area (Å²) in [5.41, 5.74) is 4.14. The number of halogens is 1. The first kappa shape index (κ1) is 32.2. The molecule has 0 unspecified atom stereocenters. The molecule has 6 rings (SSSR count). The Kier molecular flexibility index (Phi) is 9.24. The topological polar surface area (TPSA) is 83.0 Å². The third-order valence-corrected chi connectivity index (χ3v) is 10.2. The third kappa shape index (κ3) is 6.70. The summed E-state index contributed by atoms with van der Waals surface area (Å²) >= 11 is 0. The van der Waals surface area contributed by atoms with E-state index in [1.54, 1.807) is 29.3 Å². The van der Waals surface area contributed by atoms with Gasteiger partial charge in [0.2, 0.25) is 10.0 Å². The van der Waals surface area contributed by atoms with E-state index in [1.165, 1.54) is 23.5 Å². The van der Waals surface area contributed by atoms with Crippen LogP contribution in [0.4, 0.5) is 10.1 Å². The monoisotopic (exact) mass is 652 g/mol. The van der Waals surface area contributed by atoms with E-state index >= 15 is 0 Å². The number of pyridine rings is 1. The predicted octanol–water partition coefficient (Wildman–Crippen LogP) is 6.42. The van der Waals surface area contributed by atoms with Gasteiger partial charge in [-0.1, -0.05) is 72.8 Å². The molecule has 47 heavy (non-hydrogen) atoms. The molecular formula is C37H37FN4O4S. The fourth-order valence-corrected chi connectivity index (χ4v) is 7.32. The molecule has 0 atom stereocenters. The predicted molar refractivity (Wildman–Crippen MR) is 182 cm³/mol. The van der Waals surface area contributed by atoms with Gasteiger partial charge in [-0.15, -0.1) is 0 Å². The molecule has 0 bridgehead atoms. The molecular weight excluding hydrogens is 615 g/mol. The van der Waals surface area contributed by atoms with E-state index in [0.29, 0.717) is 40.9 Å². The average Bonchev–Trinajstić information content (AvgIpc) is 3.39. The zero-order valence-corrected chi connectivity index (χ0v) is 27.5. The van der Waals surface area contributed by atoms with Crippen LogP contribution in [-0.4, -0.2) is 62.5 Å². The smallest absolute Gasteiger partial charge is 0.258 e. The summed E-state index contributed by atoms with van der Waals surface area (Å²) in [4.78, 5) is 22.7. The second kappa shape index (κ2) is 13.5. The maximum Gasteiger partial charge on any atom is 0.258 e. The number of hydrogen-bond acceptors (Lipinski definition) is 6. The summed E-state index contributed by atoms with van der Waals surface area (Å²) in [5.74, 6) is -0.448. The number of amides is 1. The van der Waals surface area contributed by atoms with Crippen LogP contribution in [0.5, 0.6) is 5.75 Å². The molecule has 1 amide bonds. The molecule has 0 N–H and O–H groups in total. The molecule has 1 aliphatic rings. The standard InChI is InChI=1S/C37H37FN4O4S/c1-40(2)22-11-23-47(44,45)41(3)34-30-16-10-21-39-33(30)36(46-35(27-12-6-4-7-13-27)28-14-8-5-9-15-28)32-31(34)25-42(37(32)43)24-26-17-19-29(38)20-18-26/h4-10,12-21,35H,11,22-25H2,1-3H3. The van der Waals surface area contributed by atoms with Crippen LogP contribution in [0, 0.1) is 5.82 Å².